The number of nitrogens with zero attached hydrogens (tertiary/aromatic N) is 1. The van der Waals surface area contributed by atoms with Gasteiger partial charge in [-0.05, 0) is 31.9 Å². The fourth-order valence-electron chi connectivity index (χ4n) is 2.39. The van der Waals surface area contributed by atoms with Crippen molar-refractivity contribution in [2.75, 3.05) is 18.4 Å². The molecular formula is C16H19N3O2. The van der Waals surface area contributed by atoms with Gasteiger partial charge in [0.05, 0.1) is 11.2 Å². The largest absolute Gasteiger partial charge is 0.478 e. The maximum atomic E-state index is 11.4. The first kappa shape index (κ1) is 13.8. The van der Waals surface area contributed by atoms with Gasteiger partial charge >= 0.3 is 5.97 Å². The van der Waals surface area contributed by atoms with Gasteiger partial charge in [0.15, 0.2) is 0 Å². The summed E-state index contributed by atoms with van der Waals surface area (Å²) in [5.74, 6) is -0.952. The van der Waals surface area contributed by atoms with Gasteiger partial charge in [-0.1, -0.05) is 18.2 Å². The number of carboxylic acid groups (broad SMARTS) is 1. The Labute approximate surface area is 123 Å². The van der Waals surface area contributed by atoms with Gasteiger partial charge in [0.2, 0.25) is 0 Å². The van der Waals surface area contributed by atoms with Gasteiger partial charge in [0, 0.05) is 24.2 Å². The number of benzene rings is 1. The van der Waals surface area contributed by atoms with Gasteiger partial charge in [-0.25, -0.2) is 4.79 Å². The standard InChI is InChI=1S/C16H19N3O2/c20-16(21)13-10-19-14-5-2-1-4-12(14)15(13)18-9-3-8-17-11-6-7-11/h1-2,4-5,10-11,17H,3,6-9H2,(H,18,19)(H,20,21). The van der Waals surface area contributed by atoms with E-state index in [4.69, 9.17) is 0 Å². The van der Waals surface area contributed by atoms with E-state index in [-0.39, 0.29) is 5.56 Å². The van der Waals surface area contributed by atoms with Crippen molar-refractivity contribution in [2.45, 2.75) is 25.3 Å². The van der Waals surface area contributed by atoms with Crippen LogP contribution in [0.2, 0.25) is 0 Å². The predicted molar refractivity (Wildman–Crippen MR) is 82.8 cm³/mol. The van der Waals surface area contributed by atoms with Crippen LogP contribution in [-0.4, -0.2) is 35.2 Å². The molecule has 1 aliphatic rings. The molecule has 1 saturated carbocycles. The number of nitrogens with one attached hydrogen (secondary N) is 2. The Hall–Kier alpha value is -2.14. The third-order valence-electron chi connectivity index (χ3n) is 3.67. The van der Waals surface area contributed by atoms with Gasteiger partial charge in [-0.3, -0.25) is 4.98 Å². The highest BCUT2D eigenvalue weighted by molar-refractivity contribution is 6.04. The Morgan fingerprint density at radius 2 is 2.10 bits per heavy atom. The summed E-state index contributed by atoms with van der Waals surface area (Å²) >= 11 is 0. The molecule has 110 valence electrons. The third kappa shape index (κ3) is 3.31. The summed E-state index contributed by atoms with van der Waals surface area (Å²) in [5, 5.41) is 16.9. The Bertz CT molecular complexity index is 653. The molecule has 0 atom stereocenters. The predicted octanol–water partition coefficient (Wildman–Crippen LogP) is 2.49. The van der Waals surface area contributed by atoms with Crippen LogP contribution in [0.4, 0.5) is 5.69 Å². The number of anilines is 1. The molecule has 0 radical (unpaired) electrons. The monoisotopic (exact) mass is 285 g/mol. The summed E-state index contributed by atoms with van der Waals surface area (Å²) < 4.78 is 0. The number of carbonyl (C=O) groups is 1. The molecule has 21 heavy (non-hydrogen) atoms. The minimum atomic E-state index is -0.952. The van der Waals surface area contributed by atoms with Gasteiger partial charge in [-0.15, -0.1) is 0 Å². The Kier molecular flexibility index (Phi) is 4.01. The summed E-state index contributed by atoms with van der Waals surface area (Å²) in [6.07, 6.45) is 4.96. The zero-order chi connectivity index (χ0) is 14.7. The molecule has 0 spiro atoms. The van der Waals surface area contributed by atoms with E-state index in [2.05, 4.69) is 15.6 Å². The first-order valence-corrected chi connectivity index (χ1v) is 7.34. The van der Waals surface area contributed by atoms with Crippen LogP contribution in [0.15, 0.2) is 30.5 Å². The zero-order valence-corrected chi connectivity index (χ0v) is 11.8. The number of fused-ring (bicyclic) bond motifs is 1. The molecule has 1 fully saturated rings. The molecular weight excluding hydrogens is 266 g/mol. The summed E-state index contributed by atoms with van der Waals surface area (Å²) in [6, 6.07) is 8.30. The maximum absolute atomic E-state index is 11.4. The van der Waals surface area contributed by atoms with Crippen LogP contribution < -0.4 is 10.6 Å². The molecule has 2 aromatic rings. The highest BCUT2D eigenvalue weighted by Crippen LogP contribution is 2.25. The van der Waals surface area contributed by atoms with Gasteiger partial charge in [0.25, 0.3) is 0 Å². The lowest BCUT2D eigenvalue weighted by Crippen LogP contribution is -2.20. The maximum Gasteiger partial charge on any atom is 0.339 e. The minimum Gasteiger partial charge on any atom is -0.478 e. The highest BCUT2D eigenvalue weighted by Gasteiger charge is 2.19. The number of hydrogen-bond acceptors (Lipinski definition) is 4. The molecule has 0 amide bonds. The van der Waals surface area contributed by atoms with Crippen molar-refractivity contribution in [1.82, 2.24) is 10.3 Å². The van der Waals surface area contributed by atoms with Crippen LogP contribution in [0.1, 0.15) is 29.6 Å². The van der Waals surface area contributed by atoms with E-state index >= 15 is 0 Å². The van der Waals surface area contributed by atoms with E-state index in [0.29, 0.717) is 11.7 Å². The summed E-state index contributed by atoms with van der Waals surface area (Å²) in [5.41, 5.74) is 1.70. The average molecular weight is 285 g/mol. The second-order valence-electron chi connectivity index (χ2n) is 5.38. The number of aromatic nitrogens is 1. The minimum absolute atomic E-state index is 0.226. The van der Waals surface area contributed by atoms with Crippen LogP contribution in [0.5, 0.6) is 0 Å². The van der Waals surface area contributed by atoms with Crippen molar-refractivity contribution in [3.63, 3.8) is 0 Å². The summed E-state index contributed by atoms with van der Waals surface area (Å²) in [6.45, 7) is 1.71. The van der Waals surface area contributed by atoms with E-state index < -0.39 is 5.97 Å². The van der Waals surface area contributed by atoms with Crippen LogP contribution in [0, 0.1) is 0 Å². The van der Waals surface area contributed by atoms with E-state index in [0.717, 1.165) is 30.4 Å². The van der Waals surface area contributed by atoms with Crippen LogP contribution in [-0.2, 0) is 0 Å². The van der Waals surface area contributed by atoms with Crippen molar-refractivity contribution in [2.24, 2.45) is 0 Å². The Morgan fingerprint density at radius 3 is 2.86 bits per heavy atom. The summed E-state index contributed by atoms with van der Waals surface area (Å²) in [4.78, 5) is 15.6. The fourth-order valence-corrected chi connectivity index (χ4v) is 2.39. The van der Waals surface area contributed by atoms with Crippen molar-refractivity contribution in [1.29, 1.82) is 0 Å². The van der Waals surface area contributed by atoms with E-state index in [9.17, 15) is 9.90 Å². The lowest BCUT2D eigenvalue weighted by Gasteiger charge is -2.12. The van der Waals surface area contributed by atoms with E-state index in [1.165, 1.54) is 19.0 Å². The molecule has 3 rings (SSSR count). The molecule has 3 N–H and O–H groups in total. The summed E-state index contributed by atoms with van der Waals surface area (Å²) in [7, 11) is 0. The lowest BCUT2D eigenvalue weighted by molar-refractivity contribution is 0.0697. The second-order valence-corrected chi connectivity index (χ2v) is 5.38. The highest BCUT2D eigenvalue weighted by atomic mass is 16.4. The molecule has 0 bridgehead atoms. The molecule has 0 unspecified atom stereocenters. The number of pyridine rings is 1. The number of aromatic carboxylic acids is 1. The van der Waals surface area contributed by atoms with Gasteiger partial charge < -0.3 is 15.7 Å². The smallest absolute Gasteiger partial charge is 0.339 e. The first-order valence-electron chi connectivity index (χ1n) is 7.34. The molecule has 0 saturated heterocycles. The van der Waals surface area contributed by atoms with Crippen LogP contribution >= 0.6 is 0 Å². The molecule has 1 aromatic heterocycles. The quantitative estimate of drug-likeness (QED) is 0.682. The number of hydrogen-bond donors (Lipinski definition) is 3. The average Bonchev–Trinajstić information content (AvgIpc) is 3.30. The van der Waals surface area contributed by atoms with E-state index in [1.807, 2.05) is 24.3 Å². The topological polar surface area (TPSA) is 74.2 Å². The fraction of sp³-hybridized carbons (Fsp3) is 0.375. The van der Waals surface area contributed by atoms with Crippen molar-refractivity contribution < 1.29 is 9.90 Å². The molecule has 1 aromatic carbocycles. The Morgan fingerprint density at radius 1 is 1.29 bits per heavy atom. The normalized spacial score (nSPS) is 14.3. The number of carboxylic acids is 1. The SMILES string of the molecule is O=C(O)c1cnc2ccccc2c1NCCCNC1CC1. The van der Waals surface area contributed by atoms with Crippen molar-refractivity contribution in [3.8, 4) is 0 Å². The van der Waals surface area contributed by atoms with Crippen LogP contribution in [0.3, 0.4) is 0 Å². The molecule has 1 heterocycles. The van der Waals surface area contributed by atoms with E-state index in [1.54, 1.807) is 0 Å². The molecule has 5 heteroatoms. The second kappa shape index (κ2) is 6.10. The van der Waals surface area contributed by atoms with Gasteiger partial charge in [-0.2, -0.15) is 0 Å². The molecule has 0 aliphatic heterocycles. The number of rotatable bonds is 7. The number of para-hydroxylation sites is 1. The third-order valence-corrected chi connectivity index (χ3v) is 3.67. The van der Waals surface area contributed by atoms with Crippen LogP contribution in [0.25, 0.3) is 10.9 Å². The van der Waals surface area contributed by atoms with Crippen molar-refractivity contribution >= 4 is 22.6 Å². The lowest BCUT2D eigenvalue weighted by atomic mass is 10.1. The zero-order valence-electron chi connectivity index (χ0n) is 11.8. The Balaban J connectivity index is 1.73. The van der Waals surface area contributed by atoms with Crippen molar-refractivity contribution in [3.05, 3.63) is 36.0 Å². The molecule has 1 aliphatic carbocycles. The first-order chi connectivity index (χ1) is 10.3. The van der Waals surface area contributed by atoms with Gasteiger partial charge in [0.1, 0.15) is 5.56 Å². The molecule has 5 nitrogen and oxygen atoms in total.